The molecule has 0 aliphatic carbocycles. The van der Waals surface area contributed by atoms with Crippen molar-refractivity contribution in [2.75, 3.05) is 32.7 Å². The number of likely N-dealkylation sites (tertiary alicyclic amines) is 1. The van der Waals surface area contributed by atoms with E-state index < -0.39 is 10.0 Å². The van der Waals surface area contributed by atoms with E-state index >= 15 is 0 Å². The molecule has 0 aromatic carbocycles. The van der Waals surface area contributed by atoms with Gasteiger partial charge in [0.2, 0.25) is 10.0 Å². The fourth-order valence-corrected chi connectivity index (χ4v) is 3.81. The molecule has 0 aromatic heterocycles. The van der Waals surface area contributed by atoms with E-state index in [0.29, 0.717) is 12.5 Å². The number of rotatable bonds is 3. The van der Waals surface area contributed by atoms with E-state index in [1.165, 1.54) is 12.8 Å². The summed E-state index contributed by atoms with van der Waals surface area (Å²) < 4.78 is 22.7. The van der Waals surface area contributed by atoms with Crippen LogP contribution in [0.3, 0.4) is 0 Å². The lowest BCUT2D eigenvalue weighted by atomic mass is 9.98. The molecule has 2 atom stereocenters. The Balaban J connectivity index is 0.00000162. The first-order valence-electron chi connectivity index (χ1n) is 6.50. The number of hydrogen-bond donors (Lipinski definition) is 2. The summed E-state index contributed by atoms with van der Waals surface area (Å²) >= 11 is 0. The van der Waals surface area contributed by atoms with Crippen LogP contribution in [-0.2, 0) is 10.0 Å². The summed E-state index contributed by atoms with van der Waals surface area (Å²) in [5.41, 5.74) is 0. The molecule has 18 heavy (non-hydrogen) atoms. The Hall–Kier alpha value is 0.120. The van der Waals surface area contributed by atoms with Crippen LogP contribution in [-0.4, -0.2) is 51.3 Å². The molecule has 2 heterocycles. The van der Waals surface area contributed by atoms with Crippen molar-refractivity contribution in [2.24, 2.45) is 11.1 Å². The lowest BCUT2D eigenvalue weighted by Crippen LogP contribution is -2.47. The first-order chi connectivity index (χ1) is 8.05. The fraction of sp³-hybridized carbons (Fsp3) is 1.00. The molecule has 0 spiro atoms. The Morgan fingerprint density at radius 2 is 2.06 bits per heavy atom. The second-order valence-corrected chi connectivity index (χ2v) is 7.17. The molecule has 108 valence electrons. The van der Waals surface area contributed by atoms with Crippen molar-refractivity contribution in [2.45, 2.75) is 30.9 Å². The highest BCUT2D eigenvalue weighted by Gasteiger charge is 2.29. The van der Waals surface area contributed by atoms with Crippen molar-refractivity contribution >= 4 is 22.4 Å². The van der Waals surface area contributed by atoms with Crippen LogP contribution in [0.2, 0.25) is 0 Å². The van der Waals surface area contributed by atoms with Crippen molar-refractivity contribution in [3.8, 4) is 0 Å². The summed E-state index contributed by atoms with van der Waals surface area (Å²) in [5, 5.41) is 8.28. The van der Waals surface area contributed by atoms with Gasteiger partial charge in [0, 0.05) is 13.1 Å². The third-order valence-corrected chi connectivity index (χ3v) is 5.16. The molecule has 2 aliphatic rings. The number of nitrogens with one attached hydrogen (secondary N) is 1. The van der Waals surface area contributed by atoms with Crippen LogP contribution in [0.25, 0.3) is 0 Å². The number of hydrogen-bond acceptors (Lipinski definition) is 4. The summed E-state index contributed by atoms with van der Waals surface area (Å²) in [5.74, 6) is 0.669. The Labute approximate surface area is 116 Å². The van der Waals surface area contributed by atoms with Crippen LogP contribution >= 0.6 is 12.4 Å². The summed E-state index contributed by atoms with van der Waals surface area (Å²) in [7, 11) is -3.36. The quantitative estimate of drug-likeness (QED) is 0.778. The Morgan fingerprint density at radius 3 is 2.67 bits per heavy atom. The maximum atomic E-state index is 11.4. The minimum atomic E-state index is -3.36. The summed E-state index contributed by atoms with van der Waals surface area (Å²) in [4.78, 5) is 2.27. The van der Waals surface area contributed by atoms with Gasteiger partial charge in [0.15, 0.2) is 0 Å². The predicted molar refractivity (Wildman–Crippen MR) is 75.4 cm³/mol. The molecule has 0 bridgehead atoms. The van der Waals surface area contributed by atoms with Crippen LogP contribution in [0, 0.1) is 5.92 Å². The first kappa shape index (κ1) is 16.2. The monoisotopic (exact) mass is 297 g/mol. The molecular weight excluding hydrogens is 274 g/mol. The number of nitrogens with zero attached hydrogens (tertiary/aromatic N) is 1. The van der Waals surface area contributed by atoms with E-state index in [4.69, 9.17) is 5.14 Å². The van der Waals surface area contributed by atoms with Crippen molar-refractivity contribution < 1.29 is 8.42 Å². The van der Waals surface area contributed by atoms with Gasteiger partial charge in [-0.15, -0.1) is 12.4 Å². The molecule has 0 radical (unpaired) electrons. The normalized spacial score (nSPS) is 30.7. The average Bonchev–Trinajstić information content (AvgIpc) is 2.29. The molecule has 0 aromatic rings. The van der Waals surface area contributed by atoms with E-state index in [1.807, 2.05) is 0 Å². The van der Waals surface area contributed by atoms with Gasteiger partial charge in [0.1, 0.15) is 0 Å². The fourth-order valence-electron chi connectivity index (χ4n) is 2.89. The van der Waals surface area contributed by atoms with Gasteiger partial charge in [-0.3, -0.25) is 0 Å². The zero-order valence-corrected chi connectivity index (χ0v) is 12.3. The van der Waals surface area contributed by atoms with Gasteiger partial charge in [0.25, 0.3) is 0 Å². The molecule has 0 amide bonds. The van der Waals surface area contributed by atoms with Crippen LogP contribution < -0.4 is 10.5 Å². The lowest BCUT2D eigenvalue weighted by Gasteiger charge is -2.35. The van der Waals surface area contributed by atoms with Crippen molar-refractivity contribution in [1.82, 2.24) is 10.2 Å². The van der Waals surface area contributed by atoms with Crippen molar-refractivity contribution in [3.05, 3.63) is 0 Å². The van der Waals surface area contributed by atoms with E-state index in [1.54, 1.807) is 0 Å². The highest BCUT2D eigenvalue weighted by Crippen LogP contribution is 2.18. The van der Waals surface area contributed by atoms with E-state index in [-0.39, 0.29) is 17.7 Å². The third kappa shape index (κ3) is 4.66. The summed E-state index contributed by atoms with van der Waals surface area (Å²) in [6.45, 7) is 4.84. The van der Waals surface area contributed by atoms with E-state index in [2.05, 4.69) is 10.2 Å². The number of primary sulfonamides is 1. The SMILES string of the molecule is Cl.NS(=O)(=O)C1CCCN(CC2CCCNC2)C1. The number of halogens is 1. The van der Waals surface area contributed by atoms with E-state index in [0.717, 1.165) is 39.0 Å². The van der Waals surface area contributed by atoms with Crippen LogP contribution in [0.5, 0.6) is 0 Å². The molecule has 2 unspecified atom stereocenters. The minimum Gasteiger partial charge on any atom is -0.316 e. The maximum absolute atomic E-state index is 11.4. The Bertz CT molecular complexity index is 344. The van der Waals surface area contributed by atoms with Gasteiger partial charge in [-0.2, -0.15) is 0 Å². The Kier molecular flexibility index (Phi) is 6.34. The highest BCUT2D eigenvalue weighted by atomic mass is 35.5. The van der Waals surface area contributed by atoms with Gasteiger partial charge in [0.05, 0.1) is 5.25 Å². The number of nitrogens with two attached hydrogens (primary N) is 1. The lowest BCUT2D eigenvalue weighted by molar-refractivity contribution is 0.181. The molecule has 0 saturated carbocycles. The number of sulfonamides is 1. The predicted octanol–water partition coefficient (Wildman–Crippen LogP) is 0.161. The van der Waals surface area contributed by atoms with Gasteiger partial charge in [-0.05, 0) is 51.2 Å². The minimum absolute atomic E-state index is 0. The Morgan fingerprint density at radius 1 is 1.28 bits per heavy atom. The zero-order valence-electron chi connectivity index (χ0n) is 10.7. The smallest absolute Gasteiger partial charge is 0.213 e. The summed E-state index contributed by atoms with van der Waals surface area (Å²) in [6.07, 6.45) is 4.15. The molecule has 5 nitrogen and oxygen atoms in total. The molecule has 2 saturated heterocycles. The second-order valence-electron chi connectivity index (χ2n) is 5.33. The molecule has 2 rings (SSSR count). The van der Waals surface area contributed by atoms with Crippen LogP contribution in [0.4, 0.5) is 0 Å². The van der Waals surface area contributed by atoms with Crippen LogP contribution in [0.15, 0.2) is 0 Å². The zero-order chi connectivity index (χ0) is 12.3. The summed E-state index contributed by atoms with van der Waals surface area (Å²) in [6, 6.07) is 0. The molecule has 2 fully saturated rings. The first-order valence-corrected chi connectivity index (χ1v) is 8.11. The topological polar surface area (TPSA) is 75.4 Å². The van der Waals surface area contributed by atoms with Crippen LogP contribution in [0.1, 0.15) is 25.7 Å². The van der Waals surface area contributed by atoms with Gasteiger partial charge in [-0.25, -0.2) is 13.6 Å². The van der Waals surface area contributed by atoms with E-state index in [9.17, 15) is 8.42 Å². The highest BCUT2D eigenvalue weighted by molar-refractivity contribution is 7.89. The van der Waals surface area contributed by atoms with Crippen molar-refractivity contribution in [3.63, 3.8) is 0 Å². The second kappa shape index (κ2) is 7.05. The van der Waals surface area contributed by atoms with Crippen molar-refractivity contribution in [1.29, 1.82) is 0 Å². The molecule has 3 N–H and O–H groups in total. The van der Waals surface area contributed by atoms with Gasteiger partial charge < -0.3 is 10.2 Å². The largest absolute Gasteiger partial charge is 0.316 e. The molecular formula is C11H24ClN3O2S. The number of piperidine rings is 2. The molecule has 7 heteroatoms. The van der Waals surface area contributed by atoms with Gasteiger partial charge >= 0.3 is 0 Å². The van der Waals surface area contributed by atoms with Gasteiger partial charge in [-0.1, -0.05) is 0 Å². The molecule has 2 aliphatic heterocycles. The standard InChI is InChI=1S/C11H23N3O2S.ClH/c12-17(15,16)11-4-2-6-14(9-11)8-10-3-1-5-13-7-10;/h10-11,13H,1-9H2,(H2,12,15,16);1H. The third-order valence-electron chi connectivity index (χ3n) is 3.84. The maximum Gasteiger partial charge on any atom is 0.213 e. The average molecular weight is 298 g/mol.